The molecular weight excluding hydrogens is 248 g/mol. The molecule has 0 saturated heterocycles. The molecule has 0 radical (unpaired) electrons. The molecule has 0 aliphatic heterocycles. The van der Waals surface area contributed by atoms with Crippen LogP contribution in [-0.4, -0.2) is 17.3 Å². The van der Waals surface area contributed by atoms with Gasteiger partial charge in [0.1, 0.15) is 12.0 Å². The Hall–Kier alpha value is -1.46. The molecule has 2 aromatic rings. The Kier molecular flexibility index (Phi) is 4.28. The van der Waals surface area contributed by atoms with Gasteiger partial charge in [0.05, 0.1) is 13.3 Å². The van der Waals surface area contributed by atoms with E-state index in [0.717, 1.165) is 11.3 Å². The highest BCUT2D eigenvalue weighted by Gasteiger charge is 2.18. The van der Waals surface area contributed by atoms with Crippen molar-refractivity contribution in [2.24, 2.45) is 5.73 Å². The van der Waals surface area contributed by atoms with Gasteiger partial charge in [0, 0.05) is 11.3 Å². The van der Waals surface area contributed by atoms with Gasteiger partial charge in [-0.25, -0.2) is 4.98 Å². The van der Waals surface area contributed by atoms with Crippen molar-refractivity contribution in [2.75, 3.05) is 7.11 Å². The number of aromatic nitrogens is 1. The van der Waals surface area contributed by atoms with E-state index in [1.165, 1.54) is 11.8 Å². The van der Waals surface area contributed by atoms with E-state index in [1.807, 2.05) is 24.3 Å². The summed E-state index contributed by atoms with van der Waals surface area (Å²) >= 11 is 1.53. The lowest BCUT2D eigenvalue weighted by Crippen LogP contribution is -2.20. The number of hydrogen-bond donors (Lipinski definition) is 1. The second-order valence-corrected chi connectivity index (χ2v) is 5.25. The van der Waals surface area contributed by atoms with Crippen molar-refractivity contribution in [3.63, 3.8) is 0 Å². The Morgan fingerprint density at radius 3 is 2.61 bits per heavy atom. The normalized spacial score (nSPS) is 14.2. The molecule has 0 bridgehead atoms. The number of hydrogen-bond acceptors (Lipinski definition) is 5. The molecule has 4 nitrogen and oxygen atoms in total. The summed E-state index contributed by atoms with van der Waals surface area (Å²) < 4.78 is 10.3. The van der Waals surface area contributed by atoms with E-state index in [-0.39, 0.29) is 11.3 Å². The Bertz CT molecular complexity index is 470. The van der Waals surface area contributed by atoms with Gasteiger partial charge >= 0.3 is 0 Å². The lowest BCUT2D eigenvalue weighted by molar-refractivity contribution is 0.414. The van der Waals surface area contributed by atoms with Gasteiger partial charge in [-0.1, -0.05) is 30.8 Å². The van der Waals surface area contributed by atoms with Gasteiger partial charge in [-0.3, -0.25) is 0 Å². The quantitative estimate of drug-likeness (QED) is 0.841. The molecule has 2 atom stereocenters. The third-order valence-electron chi connectivity index (χ3n) is 2.70. The van der Waals surface area contributed by atoms with Crippen LogP contribution in [0.5, 0.6) is 5.75 Å². The van der Waals surface area contributed by atoms with Crippen LogP contribution in [0.2, 0.25) is 0 Å². The molecule has 0 fully saturated rings. The van der Waals surface area contributed by atoms with Gasteiger partial charge in [0.2, 0.25) is 0 Å². The zero-order valence-corrected chi connectivity index (χ0v) is 11.2. The van der Waals surface area contributed by atoms with Crippen molar-refractivity contribution in [1.29, 1.82) is 0 Å². The van der Waals surface area contributed by atoms with Gasteiger partial charge in [0.15, 0.2) is 0 Å². The number of thioether (sulfide) groups is 1. The average Bonchev–Trinajstić information content (AvgIpc) is 2.91. The highest BCUT2D eigenvalue weighted by molar-refractivity contribution is 7.99. The molecule has 0 amide bonds. The molecule has 2 N–H and O–H groups in total. The van der Waals surface area contributed by atoms with Crippen LogP contribution in [0.4, 0.5) is 0 Å². The molecule has 0 aliphatic carbocycles. The fourth-order valence-electron chi connectivity index (χ4n) is 1.60. The number of ether oxygens (including phenoxy) is 1. The van der Waals surface area contributed by atoms with Crippen molar-refractivity contribution in [3.05, 3.63) is 42.3 Å². The van der Waals surface area contributed by atoms with Crippen molar-refractivity contribution >= 4 is 11.8 Å². The Labute approximate surface area is 111 Å². The highest BCUT2D eigenvalue weighted by Crippen LogP contribution is 2.30. The van der Waals surface area contributed by atoms with Crippen LogP contribution in [0.1, 0.15) is 18.5 Å². The molecule has 1 aromatic carbocycles. The third kappa shape index (κ3) is 3.05. The number of oxazole rings is 1. The lowest BCUT2D eigenvalue weighted by atomic mass is 10.1. The molecule has 1 aromatic heterocycles. The summed E-state index contributed by atoms with van der Waals surface area (Å²) in [6.45, 7) is 2.06. The molecule has 0 aliphatic rings. The van der Waals surface area contributed by atoms with Crippen LogP contribution in [-0.2, 0) is 0 Å². The van der Waals surface area contributed by atoms with Crippen LogP contribution < -0.4 is 10.5 Å². The van der Waals surface area contributed by atoms with E-state index in [2.05, 4.69) is 11.9 Å². The van der Waals surface area contributed by atoms with Gasteiger partial charge in [0.25, 0.3) is 5.22 Å². The molecule has 96 valence electrons. The topological polar surface area (TPSA) is 61.3 Å². The first kappa shape index (κ1) is 13.0. The molecule has 18 heavy (non-hydrogen) atoms. The standard InChI is InChI=1S/C13H16N2O2S/c1-9(18-13-15-7-8-17-13)12(14)10-3-5-11(16-2)6-4-10/h3-9,12H,14H2,1-2H3. The molecule has 0 spiro atoms. The summed E-state index contributed by atoms with van der Waals surface area (Å²) in [4.78, 5) is 4.08. The van der Waals surface area contributed by atoms with Gasteiger partial charge < -0.3 is 14.9 Å². The smallest absolute Gasteiger partial charge is 0.255 e. The van der Waals surface area contributed by atoms with Crippen LogP contribution >= 0.6 is 11.8 Å². The zero-order chi connectivity index (χ0) is 13.0. The van der Waals surface area contributed by atoms with Crippen LogP contribution in [0.25, 0.3) is 0 Å². The van der Waals surface area contributed by atoms with Crippen molar-refractivity contribution < 1.29 is 9.15 Å². The second kappa shape index (κ2) is 5.93. The maximum Gasteiger partial charge on any atom is 0.255 e. The minimum atomic E-state index is -0.0761. The molecule has 2 unspecified atom stereocenters. The number of rotatable bonds is 5. The SMILES string of the molecule is COc1ccc(C(N)C(C)Sc2ncco2)cc1. The predicted molar refractivity (Wildman–Crippen MR) is 71.7 cm³/mol. The lowest BCUT2D eigenvalue weighted by Gasteiger charge is -2.18. The summed E-state index contributed by atoms with van der Waals surface area (Å²) in [5.74, 6) is 0.832. The van der Waals surface area contributed by atoms with Gasteiger partial charge in [-0.05, 0) is 17.7 Å². The van der Waals surface area contributed by atoms with E-state index in [9.17, 15) is 0 Å². The first-order valence-electron chi connectivity index (χ1n) is 5.66. The minimum Gasteiger partial charge on any atom is -0.497 e. The summed E-state index contributed by atoms with van der Waals surface area (Å²) in [5.41, 5.74) is 7.29. The number of nitrogens with two attached hydrogens (primary N) is 1. The van der Waals surface area contributed by atoms with E-state index < -0.39 is 0 Å². The summed E-state index contributed by atoms with van der Waals surface area (Å²) in [6, 6.07) is 7.72. The van der Waals surface area contributed by atoms with E-state index in [0.29, 0.717) is 5.22 Å². The minimum absolute atomic E-state index is 0.0761. The van der Waals surface area contributed by atoms with Gasteiger partial charge in [-0.2, -0.15) is 0 Å². The van der Waals surface area contributed by atoms with Crippen molar-refractivity contribution in [1.82, 2.24) is 4.98 Å². The monoisotopic (exact) mass is 264 g/mol. The number of nitrogens with zero attached hydrogens (tertiary/aromatic N) is 1. The van der Waals surface area contributed by atoms with Gasteiger partial charge in [-0.15, -0.1) is 0 Å². The van der Waals surface area contributed by atoms with E-state index in [1.54, 1.807) is 19.6 Å². The molecule has 0 saturated carbocycles. The summed E-state index contributed by atoms with van der Waals surface area (Å²) in [7, 11) is 1.65. The number of benzene rings is 1. The Morgan fingerprint density at radius 1 is 1.33 bits per heavy atom. The first-order chi connectivity index (χ1) is 8.70. The molecular formula is C13H16N2O2S. The average molecular weight is 264 g/mol. The highest BCUT2D eigenvalue weighted by atomic mass is 32.2. The largest absolute Gasteiger partial charge is 0.497 e. The van der Waals surface area contributed by atoms with Crippen molar-refractivity contribution in [3.8, 4) is 5.75 Å². The molecule has 5 heteroatoms. The van der Waals surface area contributed by atoms with Crippen LogP contribution in [0.3, 0.4) is 0 Å². The maximum atomic E-state index is 6.22. The summed E-state index contributed by atoms with van der Waals surface area (Å²) in [5, 5.41) is 0.823. The van der Waals surface area contributed by atoms with Crippen LogP contribution in [0.15, 0.2) is 46.4 Å². The third-order valence-corrected chi connectivity index (χ3v) is 3.77. The van der Waals surface area contributed by atoms with E-state index >= 15 is 0 Å². The Balaban J connectivity index is 2.02. The Morgan fingerprint density at radius 2 is 2.06 bits per heavy atom. The van der Waals surface area contributed by atoms with Crippen molar-refractivity contribution in [2.45, 2.75) is 23.4 Å². The molecule has 1 heterocycles. The predicted octanol–water partition coefficient (Wildman–Crippen LogP) is 2.86. The zero-order valence-electron chi connectivity index (χ0n) is 10.4. The second-order valence-electron chi connectivity index (χ2n) is 3.92. The van der Waals surface area contributed by atoms with Crippen LogP contribution in [0, 0.1) is 0 Å². The summed E-state index contributed by atoms with van der Waals surface area (Å²) in [6.07, 6.45) is 3.20. The fourth-order valence-corrected chi connectivity index (χ4v) is 2.45. The fraction of sp³-hybridized carbons (Fsp3) is 0.308. The number of methoxy groups -OCH3 is 1. The first-order valence-corrected chi connectivity index (χ1v) is 6.54. The van der Waals surface area contributed by atoms with E-state index in [4.69, 9.17) is 14.9 Å². The maximum absolute atomic E-state index is 6.22. The molecule has 2 rings (SSSR count).